The Bertz CT molecular complexity index is 619. The SMILES string of the molecule is COC(=O)c1cn(CCCO)c2c(C)c(Cl)ccc12. The third-order valence-corrected chi connectivity index (χ3v) is 3.60. The summed E-state index contributed by atoms with van der Waals surface area (Å²) in [4.78, 5) is 11.8. The fourth-order valence-electron chi connectivity index (χ4n) is 2.24. The smallest absolute Gasteiger partial charge is 0.340 e. The van der Waals surface area contributed by atoms with Crippen LogP contribution in [-0.2, 0) is 11.3 Å². The molecule has 2 aromatic rings. The van der Waals surface area contributed by atoms with Crippen molar-refractivity contribution in [1.29, 1.82) is 0 Å². The summed E-state index contributed by atoms with van der Waals surface area (Å²) in [7, 11) is 1.36. The molecule has 0 aliphatic heterocycles. The van der Waals surface area contributed by atoms with Gasteiger partial charge in [-0.15, -0.1) is 0 Å². The average molecular weight is 282 g/mol. The number of aliphatic hydroxyl groups is 1. The summed E-state index contributed by atoms with van der Waals surface area (Å²) in [6.07, 6.45) is 2.38. The van der Waals surface area contributed by atoms with Crippen LogP contribution in [-0.4, -0.2) is 29.4 Å². The number of halogens is 1. The Morgan fingerprint density at radius 1 is 1.47 bits per heavy atom. The minimum Gasteiger partial charge on any atom is -0.465 e. The van der Waals surface area contributed by atoms with Crippen molar-refractivity contribution in [2.75, 3.05) is 13.7 Å². The van der Waals surface area contributed by atoms with Gasteiger partial charge in [0.05, 0.1) is 18.2 Å². The molecule has 0 spiro atoms. The number of fused-ring (bicyclic) bond motifs is 1. The zero-order valence-electron chi connectivity index (χ0n) is 10.9. The highest BCUT2D eigenvalue weighted by molar-refractivity contribution is 6.32. The number of methoxy groups -OCH3 is 1. The van der Waals surface area contributed by atoms with Crippen LogP contribution in [0.4, 0.5) is 0 Å². The van der Waals surface area contributed by atoms with E-state index in [9.17, 15) is 4.79 Å². The Hall–Kier alpha value is -1.52. The summed E-state index contributed by atoms with van der Waals surface area (Å²) in [5.41, 5.74) is 2.36. The maximum atomic E-state index is 11.8. The number of aryl methyl sites for hydroxylation is 2. The van der Waals surface area contributed by atoms with Crippen LogP contribution in [0.5, 0.6) is 0 Å². The van der Waals surface area contributed by atoms with Crippen LogP contribution in [0.3, 0.4) is 0 Å². The molecule has 0 saturated heterocycles. The monoisotopic (exact) mass is 281 g/mol. The predicted molar refractivity (Wildman–Crippen MR) is 74.7 cm³/mol. The molecular weight excluding hydrogens is 266 g/mol. The minimum atomic E-state index is -0.366. The molecule has 0 fully saturated rings. The van der Waals surface area contributed by atoms with Gasteiger partial charge in [0, 0.05) is 29.8 Å². The van der Waals surface area contributed by atoms with E-state index in [4.69, 9.17) is 21.4 Å². The van der Waals surface area contributed by atoms with Crippen molar-refractivity contribution in [1.82, 2.24) is 4.57 Å². The molecule has 1 aromatic carbocycles. The quantitative estimate of drug-likeness (QED) is 0.877. The number of carbonyl (C=O) groups is 1. The number of nitrogens with zero attached hydrogens (tertiary/aromatic N) is 1. The van der Waals surface area contributed by atoms with Crippen molar-refractivity contribution in [3.63, 3.8) is 0 Å². The van der Waals surface area contributed by atoms with Crippen LogP contribution in [0.2, 0.25) is 5.02 Å². The van der Waals surface area contributed by atoms with Crippen molar-refractivity contribution >= 4 is 28.5 Å². The fourth-order valence-corrected chi connectivity index (χ4v) is 2.40. The summed E-state index contributed by atoms with van der Waals surface area (Å²) in [6, 6.07) is 3.61. The summed E-state index contributed by atoms with van der Waals surface area (Å²) >= 11 is 6.14. The van der Waals surface area contributed by atoms with Gasteiger partial charge in [-0.1, -0.05) is 17.7 Å². The second-order valence-electron chi connectivity index (χ2n) is 4.37. The lowest BCUT2D eigenvalue weighted by Crippen LogP contribution is -2.01. The number of aliphatic hydroxyl groups excluding tert-OH is 1. The van der Waals surface area contributed by atoms with Crippen molar-refractivity contribution in [2.24, 2.45) is 0 Å². The first kappa shape index (κ1) is 13.9. The third kappa shape index (κ3) is 2.46. The zero-order valence-corrected chi connectivity index (χ0v) is 11.7. The minimum absolute atomic E-state index is 0.104. The number of rotatable bonds is 4. The molecule has 0 unspecified atom stereocenters. The second-order valence-corrected chi connectivity index (χ2v) is 4.78. The van der Waals surface area contributed by atoms with E-state index in [0.717, 1.165) is 16.5 Å². The molecule has 19 heavy (non-hydrogen) atoms. The Kier molecular flexibility index (Phi) is 4.12. The molecule has 0 atom stereocenters. The molecule has 0 bridgehead atoms. The van der Waals surface area contributed by atoms with Gasteiger partial charge in [0.25, 0.3) is 0 Å². The van der Waals surface area contributed by atoms with Gasteiger partial charge in [0.1, 0.15) is 0 Å². The summed E-state index contributed by atoms with van der Waals surface area (Å²) in [6.45, 7) is 2.65. The summed E-state index contributed by atoms with van der Waals surface area (Å²) in [5.74, 6) is -0.366. The van der Waals surface area contributed by atoms with Gasteiger partial charge >= 0.3 is 5.97 Å². The number of carbonyl (C=O) groups excluding carboxylic acids is 1. The van der Waals surface area contributed by atoms with Crippen molar-refractivity contribution in [3.05, 3.63) is 34.5 Å². The van der Waals surface area contributed by atoms with Crippen molar-refractivity contribution < 1.29 is 14.6 Å². The molecule has 0 radical (unpaired) electrons. The zero-order chi connectivity index (χ0) is 14.0. The predicted octanol–water partition coefficient (Wildman–Crippen LogP) is 2.77. The molecule has 1 aromatic heterocycles. The Balaban J connectivity index is 2.66. The van der Waals surface area contributed by atoms with Crippen LogP contribution in [0.25, 0.3) is 10.9 Å². The van der Waals surface area contributed by atoms with E-state index in [2.05, 4.69) is 0 Å². The van der Waals surface area contributed by atoms with Gasteiger partial charge < -0.3 is 14.4 Å². The topological polar surface area (TPSA) is 51.5 Å². The molecule has 0 aliphatic rings. The lowest BCUT2D eigenvalue weighted by atomic mass is 10.1. The fraction of sp³-hybridized carbons (Fsp3) is 0.357. The first-order valence-corrected chi connectivity index (χ1v) is 6.45. The molecule has 0 amide bonds. The van der Waals surface area contributed by atoms with E-state index < -0.39 is 0 Å². The summed E-state index contributed by atoms with van der Waals surface area (Å²) in [5, 5.41) is 10.4. The van der Waals surface area contributed by atoms with Crippen LogP contribution in [0.15, 0.2) is 18.3 Å². The van der Waals surface area contributed by atoms with Gasteiger partial charge in [0.2, 0.25) is 0 Å². The third-order valence-electron chi connectivity index (χ3n) is 3.19. The van der Waals surface area contributed by atoms with Crippen molar-refractivity contribution in [3.8, 4) is 0 Å². The molecule has 0 saturated carbocycles. The largest absolute Gasteiger partial charge is 0.465 e. The van der Waals surface area contributed by atoms with E-state index in [-0.39, 0.29) is 12.6 Å². The lowest BCUT2D eigenvalue weighted by molar-refractivity contribution is 0.0602. The highest BCUT2D eigenvalue weighted by atomic mass is 35.5. The summed E-state index contributed by atoms with van der Waals surface area (Å²) < 4.78 is 6.74. The molecule has 0 aliphatic carbocycles. The van der Waals surface area contributed by atoms with Gasteiger partial charge in [-0.25, -0.2) is 4.79 Å². The second kappa shape index (κ2) is 5.63. The molecule has 5 heteroatoms. The van der Waals surface area contributed by atoms with E-state index in [1.807, 2.05) is 17.6 Å². The number of ether oxygens (including phenoxy) is 1. The number of benzene rings is 1. The van der Waals surface area contributed by atoms with Gasteiger partial charge in [-0.2, -0.15) is 0 Å². The van der Waals surface area contributed by atoms with E-state index in [1.165, 1.54) is 7.11 Å². The average Bonchev–Trinajstić information content (AvgIpc) is 2.79. The first-order chi connectivity index (χ1) is 9.10. The molecule has 4 nitrogen and oxygen atoms in total. The van der Waals surface area contributed by atoms with Crippen LogP contribution in [0, 0.1) is 6.92 Å². The number of aromatic nitrogens is 1. The van der Waals surface area contributed by atoms with E-state index in [1.54, 1.807) is 12.3 Å². The van der Waals surface area contributed by atoms with Gasteiger partial charge in [-0.05, 0) is 25.0 Å². The van der Waals surface area contributed by atoms with Crippen LogP contribution in [0.1, 0.15) is 22.3 Å². The Morgan fingerprint density at radius 3 is 2.84 bits per heavy atom. The van der Waals surface area contributed by atoms with Gasteiger partial charge in [0.15, 0.2) is 0 Å². The standard InChI is InChI=1S/C14H16ClNO3/c1-9-12(15)5-4-10-11(14(18)19-2)8-16(13(9)10)6-3-7-17/h4-5,8,17H,3,6-7H2,1-2H3. The Labute approximate surface area is 116 Å². The normalized spacial score (nSPS) is 10.9. The first-order valence-electron chi connectivity index (χ1n) is 6.07. The highest BCUT2D eigenvalue weighted by Crippen LogP contribution is 2.30. The molecule has 1 heterocycles. The number of esters is 1. The molecule has 1 N–H and O–H groups in total. The Morgan fingerprint density at radius 2 is 2.21 bits per heavy atom. The van der Waals surface area contributed by atoms with Crippen LogP contribution < -0.4 is 0 Å². The molecule has 102 valence electrons. The van der Waals surface area contributed by atoms with Crippen LogP contribution >= 0.6 is 11.6 Å². The van der Waals surface area contributed by atoms with E-state index in [0.29, 0.717) is 23.6 Å². The number of hydrogen-bond donors (Lipinski definition) is 1. The molecule has 2 rings (SSSR count). The maximum Gasteiger partial charge on any atom is 0.340 e. The molecular formula is C14H16ClNO3. The van der Waals surface area contributed by atoms with E-state index >= 15 is 0 Å². The highest BCUT2D eigenvalue weighted by Gasteiger charge is 2.17. The van der Waals surface area contributed by atoms with Gasteiger partial charge in [-0.3, -0.25) is 0 Å². The van der Waals surface area contributed by atoms with Crippen molar-refractivity contribution in [2.45, 2.75) is 19.9 Å². The maximum absolute atomic E-state index is 11.8. The number of hydrogen-bond acceptors (Lipinski definition) is 3. The lowest BCUT2D eigenvalue weighted by Gasteiger charge is -2.07.